The summed E-state index contributed by atoms with van der Waals surface area (Å²) in [6, 6.07) is 19.5. The van der Waals surface area contributed by atoms with Gasteiger partial charge in [0.05, 0.1) is 6.04 Å². The van der Waals surface area contributed by atoms with E-state index in [1.165, 1.54) is 16.7 Å². The van der Waals surface area contributed by atoms with Crippen molar-refractivity contribution in [3.63, 3.8) is 0 Å². The van der Waals surface area contributed by atoms with Crippen molar-refractivity contribution in [1.29, 1.82) is 0 Å². The lowest BCUT2D eigenvalue weighted by atomic mass is 9.93. The van der Waals surface area contributed by atoms with Crippen LogP contribution in [0.15, 0.2) is 54.6 Å². The molecule has 0 fully saturated rings. The SMILES string of the molecule is CCCc1cc(N2CCc3ccccc3C2C)nc(Nc2ccccc2C)n1.Cl. The molecule has 0 aliphatic carbocycles. The molecule has 3 aromatic rings. The predicted octanol–water partition coefficient (Wildman–Crippen LogP) is 6.03. The number of benzene rings is 2. The maximum absolute atomic E-state index is 4.90. The third-order valence-electron chi connectivity index (χ3n) is 5.55. The van der Waals surface area contributed by atoms with Gasteiger partial charge in [0, 0.05) is 24.0 Å². The van der Waals surface area contributed by atoms with Gasteiger partial charge in [-0.25, -0.2) is 4.98 Å². The number of rotatable bonds is 5. The Hall–Kier alpha value is -2.59. The Labute approximate surface area is 179 Å². The van der Waals surface area contributed by atoms with Crippen LogP contribution in [0.3, 0.4) is 0 Å². The Morgan fingerprint density at radius 3 is 2.62 bits per heavy atom. The number of anilines is 3. The van der Waals surface area contributed by atoms with Gasteiger partial charge < -0.3 is 10.2 Å². The molecular formula is C24H29ClN4. The molecule has 1 N–H and O–H groups in total. The summed E-state index contributed by atoms with van der Waals surface area (Å²) in [4.78, 5) is 12.1. The van der Waals surface area contributed by atoms with Gasteiger partial charge in [0.25, 0.3) is 0 Å². The van der Waals surface area contributed by atoms with E-state index < -0.39 is 0 Å². The molecule has 1 aromatic heterocycles. The van der Waals surface area contributed by atoms with E-state index in [4.69, 9.17) is 9.97 Å². The highest BCUT2D eigenvalue weighted by atomic mass is 35.5. The average molecular weight is 409 g/mol. The first-order chi connectivity index (χ1) is 13.7. The number of halogens is 1. The lowest BCUT2D eigenvalue weighted by molar-refractivity contribution is 0.616. The second kappa shape index (κ2) is 9.27. The van der Waals surface area contributed by atoms with Crippen molar-refractivity contribution in [3.05, 3.63) is 77.0 Å². The summed E-state index contributed by atoms with van der Waals surface area (Å²) < 4.78 is 0. The van der Waals surface area contributed by atoms with Gasteiger partial charge in [-0.3, -0.25) is 0 Å². The first-order valence-corrected chi connectivity index (χ1v) is 10.2. The van der Waals surface area contributed by atoms with Crippen LogP contribution >= 0.6 is 12.4 Å². The number of nitrogens with one attached hydrogen (secondary N) is 1. The summed E-state index contributed by atoms with van der Waals surface area (Å²) in [5.74, 6) is 1.69. The summed E-state index contributed by atoms with van der Waals surface area (Å²) >= 11 is 0. The van der Waals surface area contributed by atoms with Gasteiger partial charge in [0.15, 0.2) is 0 Å². The van der Waals surface area contributed by atoms with Crippen LogP contribution < -0.4 is 10.2 Å². The molecule has 2 heterocycles. The van der Waals surface area contributed by atoms with Gasteiger partial charge in [-0.1, -0.05) is 55.8 Å². The van der Waals surface area contributed by atoms with E-state index in [2.05, 4.69) is 73.5 Å². The highest BCUT2D eigenvalue weighted by Gasteiger charge is 2.25. The zero-order chi connectivity index (χ0) is 19.5. The van der Waals surface area contributed by atoms with Crippen molar-refractivity contribution in [2.45, 2.75) is 46.1 Å². The van der Waals surface area contributed by atoms with Crippen LogP contribution in [0.1, 0.15) is 48.7 Å². The molecule has 0 saturated heterocycles. The fourth-order valence-corrected chi connectivity index (χ4v) is 3.99. The third kappa shape index (κ3) is 4.54. The average Bonchev–Trinajstić information content (AvgIpc) is 2.70. The van der Waals surface area contributed by atoms with Gasteiger partial charge in [-0.15, -0.1) is 12.4 Å². The summed E-state index contributed by atoms with van der Waals surface area (Å²) in [5, 5.41) is 3.44. The molecule has 1 aliphatic heterocycles. The number of fused-ring (bicyclic) bond motifs is 1. The zero-order valence-electron chi connectivity index (χ0n) is 17.4. The van der Waals surface area contributed by atoms with Crippen molar-refractivity contribution in [1.82, 2.24) is 9.97 Å². The quantitative estimate of drug-likeness (QED) is 0.559. The fraction of sp³-hybridized carbons (Fsp3) is 0.333. The van der Waals surface area contributed by atoms with Crippen LogP contribution in [-0.4, -0.2) is 16.5 Å². The van der Waals surface area contributed by atoms with E-state index in [0.717, 1.165) is 43.0 Å². The van der Waals surface area contributed by atoms with Crippen LogP contribution in [0.25, 0.3) is 0 Å². The minimum Gasteiger partial charge on any atom is -0.349 e. The number of hydrogen-bond acceptors (Lipinski definition) is 4. The molecule has 29 heavy (non-hydrogen) atoms. The topological polar surface area (TPSA) is 41.1 Å². The monoisotopic (exact) mass is 408 g/mol. The van der Waals surface area contributed by atoms with Crippen molar-refractivity contribution in [3.8, 4) is 0 Å². The van der Waals surface area contributed by atoms with Crippen LogP contribution in [0.2, 0.25) is 0 Å². The van der Waals surface area contributed by atoms with Crippen LogP contribution in [0.5, 0.6) is 0 Å². The van der Waals surface area contributed by atoms with Crippen LogP contribution in [0.4, 0.5) is 17.5 Å². The van der Waals surface area contributed by atoms with Crippen LogP contribution in [-0.2, 0) is 12.8 Å². The maximum Gasteiger partial charge on any atom is 0.229 e. The molecule has 152 valence electrons. The van der Waals surface area contributed by atoms with Crippen LogP contribution in [0, 0.1) is 6.92 Å². The Kier molecular flexibility index (Phi) is 6.75. The molecule has 0 saturated carbocycles. The Morgan fingerprint density at radius 1 is 1.07 bits per heavy atom. The second-order valence-corrected chi connectivity index (χ2v) is 7.55. The molecule has 4 nitrogen and oxygen atoms in total. The highest BCUT2D eigenvalue weighted by molar-refractivity contribution is 5.85. The van der Waals surface area contributed by atoms with Gasteiger partial charge in [-0.05, 0) is 49.4 Å². The smallest absolute Gasteiger partial charge is 0.229 e. The lowest BCUT2D eigenvalue weighted by Gasteiger charge is -2.36. The van der Waals surface area contributed by atoms with E-state index in [1.54, 1.807) is 0 Å². The molecule has 2 aromatic carbocycles. The largest absolute Gasteiger partial charge is 0.349 e. The zero-order valence-corrected chi connectivity index (χ0v) is 18.2. The van der Waals surface area contributed by atoms with Gasteiger partial charge >= 0.3 is 0 Å². The van der Waals surface area contributed by atoms with Gasteiger partial charge in [-0.2, -0.15) is 4.98 Å². The number of para-hydroxylation sites is 1. The summed E-state index contributed by atoms with van der Waals surface area (Å²) in [7, 11) is 0. The Bertz CT molecular complexity index is 973. The minimum absolute atomic E-state index is 0. The third-order valence-corrected chi connectivity index (χ3v) is 5.55. The first-order valence-electron chi connectivity index (χ1n) is 10.2. The number of hydrogen-bond donors (Lipinski definition) is 1. The minimum atomic E-state index is 0. The maximum atomic E-state index is 4.90. The predicted molar refractivity (Wildman–Crippen MR) is 124 cm³/mol. The van der Waals surface area contributed by atoms with Crippen molar-refractivity contribution in [2.24, 2.45) is 0 Å². The number of aromatic nitrogens is 2. The molecule has 0 bridgehead atoms. The normalized spacial score (nSPS) is 15.4. The highest BCUT2D eigenvalue weighted by Crippen LogP contribution is 2.33. The molecular weight excluding hydrogens is 380 g/mol. The summed E-state index contributed by atoms with van der Waals surface area (Å²) in [6.45, 7) is 7.54. The van der Waals surface area contributed by atoms with Crippen molar-refractivity contribution in [2.75, 3.05) is 16.8 Å². The summed E-state index contributed by atoms with van der Waals surface area (Å²) in [6.07, 6.45) is 3.07. The molecule has 0 spiro atoms. The molecule has 1 unspecified atom stereocenters. The molecule has 5 heteroatoms. The first kappa shape index (κ1) is 21.1. The van der Waals surface area contributed by atoms with E-state index in [9.17, 15) is 0 Å². The molecule has 0 amide bonds. The fourth-order valence-electron chi connectivity index (χ4n) is 3.99. The molecule has 0 radical (unpaired) electrons. The van der Waals surface area contributed by atoms with E-state index in [0.29, 0.717) is 12.0 Å². The second-order valence-electron chi connectivity index (χ2n) is 7.55. The Balaban J connectivity index is 0.00000240. The molecule has 1 aliphatic rings. The molecule has 1 atom stereocenters. The number of nitrogens with zero attached hydrogens (tertiary/aromatic N) is 3. The van der Waals surface area contributed by atoms with Gasteiger partial charge in [0.2, 0.25) is 5.95 Å². The molecule has 4 rings (SSSR count). The van der Waals surface area contributed by atoms with E-state index >= 15 is 0 Å². The van der Waals surface area contributed by atoms with E-state index in [1.807, 2.05) is 12.1 Å². The van der Waals surface area contributed by atoms with Gasteiger partial charge in [0.1, 0.15) is 5.82 Å². The standard InChI is InChI=1S/C24H28N4.ClH/c1-4-9-20-16-23(27-24(25-20)26-22-13-8-5-10-17(22)2)28-15-14-19-11-6-7-12-21(19)18(28)3;/h5-8,10-13,16,18H,4,9,14-15H2,1-3H3,(H,25,26,27);1H. The van der Waals surface area contributed by atoms with Crippen molar-refractivity contribution >= 4 is 29.9 Å². The Morgan fingerprint density at radius 2 is 1.83 bits per heavy atom. The summed E-state index contributed by atoms with van der Waals surface area (Å²) in [5.41, 5.74) is 6.19. The number of aryl methyl sites for hydroxylation is 2. The van der Waals surface area contributed by atoms with E-state index in [-0.39, 0.29) is 12.4 Å². The van der Waals surface area contributed by atoms with Crippen molar-refractivity contribution < 1.29 is 0 Å². The lowest BCUT2D eigenvalue weighted by Crippen LogP contribution is -2.34.